The molecule has 0 bridgehead atoms. The molecule has 0 aliphatic rings. The summed E-state index contributed by atoms with van der Waals surface area (Å²) in [5, 5.41) is 10.5. The highest BCUT2D eigenvalue weighted by molar-refractivity contribution is 7.47. The van der Waals surface area contributed by atoms with E-state index in [9.17, 15) is 43.2 Å². The van der Waals surface area contributed by atoms with Gasteiger partial charge in [-0.05, 0) is 31.6 Å². The minimum absolute atomic E-state index is 0.106. The molecule has 0 heterocycles. The summed E-state index contributed by atoms with van der Waals surface area (Å²) in [5.74, 6) is -1.28. The van der Waals surface area contributed by atoms with Gasteiger partial charge in [-0.15, -0.1) is 0 Å². The molecular weight excluding hydrogens is 1150 g/mol. The van der Waals surface area contributed by atoms with Gasteiger partial charge in [0.15, 0.2) is 12.2 Å². The van der Waals surface area contributed by atoms with Crippen LogP contribution in [0.25, 0.3) is 0 Å². The summed E-state index contributed by atoms with van der Waals surface area (Å²) in [5.41, 5.74) is 0. The molecule has 0 amide bonds. The predicted octanol–water partition coefficient (Wildman–Crippen LogP) is 19.4. The minimum atomic E-state index is -4.95. The molecular formula is C68H132O17P2. The topological polar surface area (TPSA) is 237 Å². The number of hydrogen-bond acceptors (Lipinski definition) is 15. The molecule has 0 rings (SSSR count). The van der Waals surface area contributed by atoms with E-state index in [1.165, 1.54) is 161 Å². The van der Waals surface area contributed by atoms with Gasteiger partial charge in [0.25, 0.3) is 0 Å². The maximum absolute atomic E-state index is 13.0. The molecule has 17 nitrogen and oxygen atoms in total. The number of carbonyl (C=O) groups excluding carboxylic acids is 4. The maximum Gasteiger partial charge on any atom is 0.472 e. The van der Waals surface area contributed by atoms with E-state index in [0.29, 0.717) is 25.7 Å². The Hall–Kier alpha value is -1.94. The third kappa shape index (κ3) is 61.3. The Morgan fingerprint density at radius 1 is 0.322 bits per heavy atom. The van der Waals surface area contributed by atoms with Crippen molar-refractivity contribution >= 4 is 39.5 Å². The minimum Gasteiger partial charge on any atom is -0.462 e. The maximum atomic E-state index is 13.0. The first-order valence-electron chi connectivity index (χ1n) is 35.7. The number of phosphoric ester groups is 2. The van der Waals surface area contributed by atoms with Gasteiger partial charge in [-0.3, -0.25) is 37.3 Å². The molecule has 0 fully saturated rings. The Labute approximate surface area is 530 Å². The van der Waals surface area contributed by atoms with E-state index in [4.69, 9.17) is 37.0 Å². The van der Waals surface area contributed by atoms with Crippen molar-refractivity contribution < 1.29 is 80.2 Å². The number of carbonyl (C=O) groups is 4. The van der Waals surface area contributed by atoms with Crippen molar-refractivity contribution in [2.24, 2.45) is 5.92 Å². The largest absolute Gasteiger partial charge is 0.472 e. The molecule has 3 unspecified atom stereocenters. The van der Waals surface area contributed by atoms with Crippen LogP contribution in [-0.2, 0) is 65.4 Å². The Morgan fingerprint density at radius 2 is 0.552 bits per heavy atom. The molecule has 0 aliphatic heterocycles. The lowest BCUT2D eigenvalue weighted by atomic mass is 9.99. The van der Waals surface area contributed by atoms with Crippen molar-refractivity contribution in [2.75, 3.05) is 39.6 Å². The van der Waals surface area contributed by atoms with Crippen LogP contribution in [0, 0.1) is 5.92 Å². The number of hydrogen-bond donors (Lipinski definition) is 3. The Bertz CT molecular complexity index is 1690. The zero-order valence-electron chi connectivity index (χ0n) is 56.2. The van der Waals surface area contributed by atoms with E-state index in [2.05, 4.69) is 34.6 Å². The summed E-state index contributed by atoms with van der Waals surface area (Å²) in [6.45, 7) is 7.23. The molecule has 0 aliphatic carbocycles. The van der Waals surface area contributed by atoms with E-state index >= 15 is 0 Å². The van der Waals surface area contributed by atoms with Gasteiger partial charge in [-0.2, -0.15) is 0 Å². The number of unbranched alkanes of at least 4 members (excludes halogenated alkanes) is 39. The van der Waals surface area contributed by atoms with Crippen molar-refractivity contribution in [3.05, 3.63) is 0 Å². The number of ether oxygens (including phenoxy) is 4. The van der Waals surface area contributed by atoms with Crippen molar-refractivity contribution in [3.63, 3.8) is 0 Å². The Kier molecular flexibility index (Phi) is 60.2. The number of aliphatic hydroxyl groups is 1. The summed E-state index contributed by atoms with van der Waals surface area (Å²) in [6.07, 6.45) is 47.2. The van der Waals surface area contributed by atoms with Gasteiger partial charge >= 0.3 is 39.5 Å². The van der Waals surface area contributed by atoms with Crippen LogP contribution in [0.3, 0.4) is 0 Å². The van der Waals surface area contributed by atoms with Crippen LogP contribution in [0.4, 0.5) is 0 Å². The summed E-state index contributed by atoms with van der Waals surface area (Å²) in [4.78, 5) is 72.2. The molecule has 0 spiro atoms. The number of aliphatic hydroxyl groups excluding tert-OH is 1. The second-order valence-corrected chi connectivity index (χ2v) is 27.7. The monoisotopic (exact) mass is 1280 g/mol. The molecule has 516 valence electrons. The van der Waals surface area contributed by atoms with Crippen molar-refractivity contribution in [3.8, 4) is 0 Å². The van der Waals surface area contributed by atoms with E-state index < -0.39 is 97.5 Å². The standard InChI is InChI=1S/C68H132O17P2/c1-6-10-13-16-19-21-22-25-29-33-37-42-47-52-66(71)79-58-64(85-68(73)54-49-44-39-34-30-27-24-23-26-28-32-36-40-45-50-61(5)9-4)60-83-87(76,77)81-56-62(69)55-80-86(74,75)82-59-63(57-78-65(70)51-46-41-35-18-15-12-8-3)84-67(72)53-48-43-38-31-20-17-14-11-7-2/h61-64,69H,6-60H2,1-5H3,(H,74,75)(H,76,77)/t61?,62-,63+,64+/m0/s1. The predicted molar refractivity (Wildman–Crippen MR) is 349 cm³/mol. The fourth-order valence-electron chi connectivity index (χ4n) is 10.3. The van der Waals surface area contributed by atoms with Crippen LogP contribution in [0.1, 0.15) is 349 Å². The van der Waals surface area contributed by atoms with Crippen LogP contribution < -0.4 is 0 Å². The zero-order chi connectivity index (χ0) is 64.2. The third-order valence-corrected chi connectivity index (χ3v) is 18.0. The first-order valence-corrected chi connectivity index (χ1v) is 38.7. The second kappa shape index (κ2) is 61.6. The zero-order valence-corrected chi connectivity index (χ0v) is 57.9. The van der Waals surface area contributed by atoms with Gasteiger partial charge in [-0.1, -0.05) is 298 Å². The molecule has 0 radical (unpaired) electrons. The normalized spacial score (nSPS) is 14.4. The van der Waals surface area contributed by atoms with Gasteiger partial charge in [0.1, 0.15) is 19.3 Å². The second-order valence-electron chi connectivity index (χ2n) is 24.8. The molecule has 87 heavy (non-hydrogen) atoms. The molecule has 0 aromatic rings. The van der Waals surface area contributed by atoms with E-state index in [0.717, 1.165) is 109 Å². The molecule has 6 atom stereocenters. The highest BCUT2D eigenvalue weighted by atomic mass is 31.2. The van der Waals surface area contributed by atoms with Crippen LogP contribution in [0.15, 0.2) is 0 Å². The summed E-state index contributed by atoms with van der Waals surface area (Å²) >= 11 is 0. The van der Waals surface area contributed by atoms with E-state index in [1.807, 2.05) is 0 Å². The van der Waals surface area contributed by atoms with Gasteiger partial charge in [0.2, 0.25) is 0 Å². The summed E-state index contributed by atoms with van der Waals surface area (Å²) in [6, 6.07) is 0. The highest BCUT2D eigenvalue weighted by Gasteiger charge is 2.30. The lowest BCUT2D eigenvalue weighted by Crippen LogP contribution is -2.30. The molecule has 19 heteroatoms. The van der Waals surface area contributed by atoms with Gasteiger partial charge in [0.05, 0.1) is 26.4 Å². The smallest absolute Gasteiger partial charge is 0.462 e. The van der Waals surface area contributed by atoms with Crippen LogP contribution in [0.5, 0.6) is 0 Å². The number of esters is 4. The van der Waals surface area contributed by atoms with Crippen molar-refractivity contribution in [1.82, 2.24) is 0 Å². The first kappa shape index (κ1) is 85.1. The van der Waals surface area contributed by atoms with Crippen molar-refractivity contribution in [1.29, 1.82) is 0 Å². The fourth-order valence-corrected chi connectivity index (χ4v) is 11.8. The lowest BCUT2D eigenvalue weighted by molar-refractivity contribution is -0.161. The third-order valence-electron chi connectivity index (χ3n) is 16.1. The molecule has 0 aromatic heterocycles. The van der Waals surface area contributed by atoms with Crippen LogP contribution in [0.2, 0.25) is 0 Å². The van der Waals surface area contributed by atoms with Gasteiger partial charge in [0, 0.05) is 25.7 Å². The van der Waals surface area contributed by atoms with Crippen LogP contribution >= 0.6 is 15.6 Å². The Morgan fingerprint density at radius 3 is 0.816 bits per heavy atom. The molecule has 0 saturated carbocycles. The Balaban J connectivity index is 5.18. The highest BCUT2D eigenvalue weighted by Crippen LogP contribution is 2.45. The molecule has 0 saturated heterocycles. The quantitative estimate of drug-likeness (QED) is 0.0222. The lowest BCUT2D eigenvalue weighted by Gasteiger charge is -2.21. The summed E-state index contributed by atoms with van der Waals surface area (Å²) < 4.78 is 68.0. The average molecular weight is 1280 g/mol. The molecule has 0 aromatic carbocycles. The average Bonchev–Trinajstić information content (AvgIpc) is 3.71. The number of phosphoric acid groups is 2. The number of rotatable bonds is 68. The van der Waals surface area contributed by atoms with E-state index in [-0.39, 0.29) is 25.7 Å². The van der Waals surface area contributed by atoms with Crippen molar-refractivity contribution in [2.45, 2.75) is 368 Å². The molecule has 3 N–H and O–H groups in total. The van der Waals surface area contributed by atoms with E-state index in [1.54, 1.807) is 0 Å². The van der Waals surface area contributed by atoms with Gasteiger partial charge in [-0.25, -0.2) is 9.13 Å². The first-order chi connectivity index (χ1) is 42.1. The fraction of sp³-hybridized carbons (Fsp3) is 0.941. The van der Waals surface area contributed by atoms with Gasteiger partial charge < -0.3 is 33.8 Å². The van der Waals surface area contributed by atoms with Crippen LogP contribution in [-0.4, -0.2) is 96.7 Å². The SMILES string of the molecule is CCCCCCCCCCCCCCCC(=O)OC[C@H](COP(=O)(O)OC[C@@H](O)COP(=O)(O)OC[C@@H](COC(=O)CCCCCCCCC)OC(=O)CCCCCCCCCCC)OC(=O)CCCCCCCCCCCCCCCCC(C)CC. The summed E-state index contributed by atoms with van der Waals surface area (Å²) in [7, 11) is -9.89.